The molecule has 1 aromatic rings. The first-order valence-corrected chi connectivity index (χ1v) is 4.60. The van der Waals surface area contributed by atoms with Gasteiger partial charge in [0.05, 0.1) is 0 Å². The molecule has 68 valence electrons. The summed E-state index contributed by atoms with van der Waals surface area (Å²) in [6.07, 6.45) is 4.17. The summed E-state index contributed by atoms with van der Waals surface area (Å²) in [4.78, 5) is 0. The summed E-state index contributed by atoms with van der Waals surface area (Å²) in [6, 6.07) is 10.4. The Hall–Kier alpha value is -1.30. The molecule has 0 fully saturated rings. The minimum absolute atomic E-state index is 0.459. The molecule has 0 amide bonds. The Bertz CT molecular complexity index is 293. The SMILES string of the molecule is C=CC(C)C(C)=Cc1ccccc1. The molecule has 0 aromatic heterocycles. The topological polar surface area (TPSA) is 0 Å². The molecule has 1 aromatic carbocycles. The van der Waals surface area contributed by atoms with Crippen molar-refractivity contribution in [2.24, 2.45) is 5.92 Å². The fourth-order valence-electron chi connectivity index (χ4n) is 1.13. The van der Waals surface area contributed by atoms with Gasteiger partial charge in [0.25, 0.3) is 0 Å². The summed E-state index contributed by atoms with van der Waals surface area (Å²) < 4.78 is 0. The van der Waals surface area contributed by atoms with Crippen LogP contribution in [0.1, 0.15) is 19.4 Å². The van der Waals surface area contributed by atoms with Crippen LogP contribution in [0.15, 0.2) is 48.6 Å². The van der Waals surface area contributed by atoms with E-state index in [-0.39, 0.29) is 0 Å². The van der Waals surface area contributed by atoms with Crippen LogP contribution in [-0.4, -0.2) is 0 Å². The predicted molar refractivity (Wildman–Crippen MR) is 59.5 cm³/mol. The van der Waals surface area contributed by atoms with Crippen LogP contribution >= 0.6 is 0 Å². The zero-order valence-electron chi connectivity index (χ0n) is 8.33. The quantitative estimate of drug-likeness (QED) is 0.606. The molecular formula is C13H16. The summed E-state index contributed by atoms with van der Waals surface area (Å²) in [5, 5.41) is 0. The first-order valence-electron chi connectivity index (χ1n) is 4.60. The van der Waals surface area contributed by atoms with Crippen molar-refractivity contribution >= 4 is 6.08 Å². The highest BCUT2D eigenvalue weighted by atomic mass is 14.0. The summed E-state index contributed by atoms with van der Waals surface area (Å²) in [5.74, 6) is 0.459. The summed E-state index contributed by atoms with van der Waals surface area (Å²) in [5.41, 5.74) is 2.61. The van der Waals surface area contributed by atoms with E-state index in [2.05, 4.69) is 50.8 Å². The molecule has 0 spiro atoms. The molecule has 1 rings (SSSR count). The molecule has 1 atom stereocenters. The molecule has 0 radical (unpaired) electrons. The molecule has 0 saturated carbocycles. The van der Waals surface area contributed by atoms with E-state index in [9.17, 15) is 0 Å². The normalized spacial score (nSPS) is 13.8. The molecule has 13 heavy (non-hydrogen) atoms. The highest BCUT2D eigenvalue weighted by Gasteiger charge is 1.97. The number of hydrogen-bond acceptors (Lipinski definition) is 0. The summed E-state index contributed by atoms with van der Waals surface area (Å²) in [6.45, 7) is 8.08. The smallest absolute Gasteiger partial charge is 0.00538 e. The molecule has 0 N–H and O–H groups in total. The molecule has 0 heterocycles. The lowest BCUT2D eigenvalue weighted by atomic mass is 10.0. The zero-order chi connectivity index (χ0) is 9.68. The lowest BCUT2D eigenvalue weighted by Crippen LogP contribution is -1.89. The summed E-state index contributed by atoms with van der Waals surface area (Å²) in [7, 11) is 0. The molecule has 0 aliphatic rings. The molecule has 0 bridgehead atoms. The number of allylic oxidation sites excluding steroid dienone is 2. The standard InChI is InChI=1S/C13H16/c1-4-11(2)12(3)10-13-8-6-5-7-9-13/h4-11H,1H2,2-3H3. The van der Waals surface area contributed by atoms with Crippen LogP contribution in [-0.2, 0) is 0 Å². The molecule has 0 heteroatoms. The van der Waals surface area contributed by atoms with Gasteiger partial charge in [-0.15, -0.1) is 6.58 Å². The van der Waals surface area contributed by atoms with Crippen molar-refractivity contribution in [3.05, 3.63) is 54.1 Å². The van der Waals surface area contributed by atoms with E-state index in [0.29, 0.717) is 5.92 Å². The van der Waals surface area contributed by atoms with E-state index in [4.69, 9.17) is 0 Å². The van der Waals surface area contributed by atoms with Gasteiger partial charge in [-0.3, -0.25) is 0 Å². The van der Waals surface area contributed by atoms with Crippen LogP contribution in [0.5, 0.6) is 0 Å². The van der Waals surface area contributed by atoms with Crippen molar-refractivity contribution in [2.45, 2.75) is 13.8 Å². The third-order valence-corrected chi connectivity index (χ3v) is 2.27. The van der Waals surface area contributed by atoms with Crippen molar-refractivity contribution in [3.63, 3.8) is 0 Å². The van der Waals surface area contributed by atoms with Gasteiger partial charge in [0.2, 0.25) is 0 Å². The van der Waals surface area contributed by atoms with Crippen LogP contribution in [0.4, 0.5) is 0 Å². The van der Waals surface area contributed by atoms with Gasteiger partial charge in [0.15, 0.2) is 0 Å². The first-order chi connectivity index (χ1) is 6.24. The summed E-state index contributed by atoms with van der Waals surface area (Å²) >= 11 is 0. The Morgan fingerprint density at radius 3 is 2.46 bits per heavy atom. The van der Waals surface area contributed by atoms with Crippen molar-refractivity contribution in [3.8, 4) is 0 Å². The maximum atomic E-state index is 3.78. The van der Waals surface area contributed by atoms with Gasteiger partial charge in [-0.2, -0.15) is 0 Å². The van der Waals surface area contributed by atoms with Crippen molar-refractivity contribution in [1.29, 1.82) is 0 Å². The zero-order valence-corrected chi connectivity index (χ0v) is 8.33. The second-order valence-corrected chi connectivity index (χ2v) is 3.32. The van der Waals surface area contributed by atoms with Crippen molar-refractivity contribution in [1.82, 2.24) is 0 Å². The van der Waals surface area contributed by atoms with Gasteiger partial charge in [0.1, 0.15) is 0 Å². The van der Waals surface area contributed by atoms with Crippen molar-refractivity contribution in [2.75, 3.05) is 0 Å². The van der Waals surface area contributed by atoms with E-state index in [1.807, 2.05) is 12.1 Å². The van der Waals surface area contributed by atoms with Crippen LogP contribution in [0.25, 0.3) is 6.08 Å². The molecule has 0 nitrogen and oxygen atoms in total. The van der Waals surface area contributed by atoms with Crippen LogP contribution < -0.4 is 0 Å². The van der Waals surface area contributed by atoms with Crippen LogP contribution in [0.2, 0.25) is 0 Å². The monoisotopic (exact) mass is 172 g/mol. The van der Waals surface area contributed by atoms with Crippen LogP contribution in [0.3, 0.4) is 0 Å². The Morgan fingerprint density at radius 1 is 1.31 bits per heavy atom. The van der Waals surface area contributed by atoms with Gasteiger partial charge < -0.3 is 0 Å². The first kappa shape index (κ1) is 9.79. The Morgan fingerprint density at radius 2 is 1.92 bits per heavy atom. The largest absolute Gasteiger partial charge is 0.102 e. The second kappa shape index (κ2) is 4.66. The lowest BCUT2D eigenvalue weighted by molar-refractivity contribution is 0.874. The minimum Gasteiger partial charge on any atom is -0.102 e. The third kappa shape index (κ3) is 2.90. The molecule has 0 saturated heterocycles. The molecule has 0 aliphatic heterocycles. The highest BCUT2D eigenvalue weighted by Crippen LogP contribution is 2.14. The number of hydrogen-bond donors (Lipinski definition) is 0. The van der Waals surface area contributed by atoms with E-state index in [0.717, 1.165) is 0 Å². The average Bonchev–Trinajstić information content (AvgIpc) is 2.18. The number of benzene rings is 1. The minimum atomic E-state index is 0.459. The molecular weight excluding hydrogens is 156 g/mol. The van der Waals surface area contributed by atoms with Gasteiger partial charge in [-0.1, -0.05) is 55.0 Å². The molecule has 1 unspecified atom stereocenters. The molecule has 0 aliphatic carbocycles. The van der Waals surface area contributed by atoms with Gasteiger partial charge in [-0.25, -0.2) is 0 Å². The van der Waals surface area contributed by atoms with E-state index < -0.39 is 0 Å². The van der Waals surface area contributed by atoms with Crippen molar-refractivity contribution < 1.29 is 0 Å². The maximum absolute atomic E-state index is 3.78. The predicted octanol–water partition coefficient (Wildman–Crippen LogP) is 3.91. The van der Waals surface area contributed by atoms with Gasteiger partial charge in [0, 0.05) is 0 Å². The Kier molecular flexibility index (Phi) is 3.51. The fourth-order valence-corrected chi connectivity index (χ4v) is 1.13. The average molecular weight is 172 g/mol. The lowest BCUT2D eigenvalue weighted by Gasteiger charge is -2.05. The highest BCUT2D eigenvalue weighted by molar-refractivity contribution is 5.52. The van der Waals surface area contributed by atoms with Gasteiger partial charge >= 0.3 is 0 Å². The van der Waals surface area contributed by atoms with E-state index >= 15 is 0 Å². The fraction of sp³-hybridized carbons (Fsp3) is 0.231. The second-order valence-electron chi connectivity index (χ2n) is 3.32. The number of rotatable bonds is 3. The van der Waals surface area contributed by atoms with E-state index in [1.165, 1.54) is 11.1 Å². The van der Waals surface area contributed by atoms with Gasteiger partial charge in [-0.05, 0) is 18.4 Å². The third-order valence-electron chi connectivity index (χ3n) is 2.27. The Labute approximate surface area is 80.6 Å². The maximum Gasteiger partial charge on any atom is -0.00538 e. The van der Waals surface area contributed by atoms with E-state index in [1.54, 1.807) is 0 Å². The van der Waals surface area contributed by atoms with Crippen LogP contribution in [0, 0.1) is 5.92 Å². The Balaban J connectivity index is 2.82.